The maximum Gasteiger partial charge on any atom is 0.233 e. The number of hydrogen-bond donors (Lipinski definition) is 0. The van der Waals surface area contributed by atoms with E-state index in [1.54, 1.807) is 19.5 Å². The van der Waals surface area contributed by atoms with Gasteiger partial charge in [0, 0.05) is 19.5 Å². The van der Waals surface area contributed by atoms with Crippen LogP contribution in [0.25, 0.3) is 0 Å². The third-order valence-corrected chi connectivity index (χ3v) is 2.59. The van der Waals surface area contributed by atoms with Gasteiger partial charge in [0.1, 0.15) is 0 Å². The van der Waals surface area contributed by atoms with Crippen molar-refractivity contribution >= 4 is 17.4 Å². The number of rotatable bonds is 7. The zero-order chi connectivity index (χ0) is 11.8. The lowest BCUT2D eigenvalue weighted by molar-refractivity contribution is 0.395. The number of anilines is 1. The van der Waals surface area contributed by atoms with Gasteiger partial charge in [0.05, 0.1) is 19.5 Å². The van der Waals surface area contributed by atoms with Crippen molar-refractivity contribution in [2.24, 2.45) is 0 Å². The Morgan fingerprint density at radius 2 is 2.12 bits per heavy atom. The molecular formula is C11H18ClN3O. The van der Waals surface area contributed by atoms with Gasteiger partial charge in [-0.05, 0) is 12.8 Å². The van der Waals surface area contributed by atoms with Gasteiger partial charge in [0.15, 0.2) is 5.82 Å². The van der Waals surface area contributed by atoms with Gasteiger partial charge in [-0.1, -0.05) is 6.42 Å². The Morgan fingerprint density at radius 3 is 2.81 bits per heavy atom. The van der Waals surface area contributed by atoms with Crippen LogP contribution in [0.2, 0.25) is 0 Å². The molecule has 1 aromatic rings. The summed E-state index contributed by atoms with van der Waals surface area (Å²) in [6, 6.07) is 0. The molecule has 0 aliphatic rings. The van der Waals surface area contributed by atoms with E-state index in [4.69, 9.17) is 16.3 Å². The number of nitrogens with zero attached hydrogens (tertiary/aromatic N) is 3. The van der Waals surface area contributed by atoms with Crippen LogP contribution >= 0.6 is 11.6 Å². The number of halogens is 1. The molecule has 0 atom stereocenters. The Bertz CT molecular complexity index is 309. The van der Waals surface area contributed by atoms with Crippen LogP contribution in [0.15, 0.2) is 12.4 Å². The van der Waals surface area contributed by atoms with Crippen molar-refractivity contribution in [2.75, 3.05) is 31.5 Å². The maximum absolute atomic E-state index is 5.62. The largest absolute Gasteiger partial charge is 0.480 e. The number of ether oxygens (including phenoxy) is 1. The Hall–Kier alpha value is -1.03. The number of aromatic nitrogens is 2. The molecule has 4 nitrogen and oxygen atoms in total. The molecule has 0 fully saturated rings. The molecule has 90 valence electrons. The first-order valence-corrected chi connectivity index (χ1v) is 5.94. The Morgan fingerprint density at radius 1 is 1.31 bits per heavy atom. The molecule has 0 N–H and O–H groups in total. The van der Waals surface area contributed by atoms with Gasteiger partial charge < -0.3 is 9.64 Å². The molecular weight excluding hydrogens is 226 g/mol. The molecule has 0 aliphatic carbocycles. The quantitative estimate of drug-likeness (QED) is 0.544. The number of methoxy groups -OCH3 is 1. The number of hydrogen-bond acceptors (Lipinski definition) is 4. The van der Waals surface area contributed by atoms with E-state index in [1.165, 1.54) is 0 Å². The maximum atomic E-state index is 5.62. The molecule has 0 spiro atoms. The van der Waals surface area contributed by atoms with Gasteiger partial charge in [0.25, 0.3) is 0 Å². The second kappa shape index (κ2) is 7.28. The van der Waals surface area contributed by atoms with E-state index in [0.29, 0.717) is 5.88 Å². The number of alkyl halides is 1. The van der Waals surface area contributed by atoms with Crippen molar-refractivity contribution in [3.05, 3.63) is 12.4 Å². The van der Waals surface area contributed by atoms with Gasteiger partial charge in [-0.2, -0.15) is 4.98 Å². The monoisotopic (exact) mass is 243 g/mol. The summed E-state index contributed by atoms with van der Waals surface area (Å²) in [5.41, 5.74) is 0. The van der Waals surface area contributed by atoms with E-state index in [1.807, 2.05) is 7.05 Å². The molecule has 1 rings (SSSR count). The topological polar surface area (TPSA) is 38.2 Å². The van der Waals surface area contributed by atoms with Gasteiger partial charge in [-0.15, -0.1) is 11.6 Å². The molecule has 0 saturated carbocycles. The molecule has 0 saturated heterocycles. The Kier molecular flexibility index (Phi) is 5.93. The minimum Gasteiger partial charge on any atom is -0.480 e. The molecule has 0 unspecified atom stereocenters. The van der Waals surface area contributed by atoms with Crippen LogP contribution in [-0.2, 0) is 0 Å². The average molecular weight is 244 g/mol. The summed E-state index contributed by atoms with van der Waals surface area (Å²) in [4.78, 5) is 10.4. The predicted octanol–water partition coefficient (Wildman–Crippen LogP) is 2.33. The van der Waals surface area contributed by atoms with E-state index in [2.05, 4.69) is 14.9 Å². The lowest BCUT2D eigenvalue weighted by Crippen LogP contribution is -2.20. The van der Waals surface area contributed by atoms with Crippen molar-refractivity contribution in [1.29, 1.82) is 0 Å². The minimum absolute atomic E-state index is 0.546. The van der Waals surface area contributed by atoms with Crippen molar-refractivity contribution in [1.82, 2.24) is 9.97 Å². The van der Waals surface area contributed by atoms with Crippen molar-refractivity contribution in [2.45, 2.75) is 19.3 Å². The van der Waals surface area contributed by atoms with Crippen LogP contribution < -0.4 is 9.64 Å². The third-order valence-electron chi connectivity index (χ3n) is 2.33. The Balaban J connectivity index is 2.42. The first-order chi connectivity index (χ1) is 7.77. The van der Waals surface area contributed by atoms with Crippen LogP contribution in [0.5, 0.6) is 5.88 Å². The summed E-state index contributed by atoms with van der Waals surface area (Å²) < 4.78 is 5.03. The van der Waals surface area contributed by atoms with Gasteiger partial charge >= 0.3 is 0 Å². The molecule has 0 amide bonds. The summed E-state index contributed by atoms with van der Waals surface area (Å²) in [6.45, 7) is 0.957. The third kappa shape index (κ3) is 4.23. The molecule has 0 radical (unpaired) electrons. The molecule has 0 aromatic carbocycles. The fraction of sp³-hybridized carbons (Fsp3) is 0.636. The normalized spacial score (nSPS) is 10.2. The molecule has 1 aromatic heterocycles. The molecule has 5 heteroatoms. The fourth-order valence-electron chi connectivity index (χ4n) is 1.36. The van der Waals surface area contributed by atoms with Crippen LogP contribution in [0.4, 0.5) is 5.82 Å². The Labute approximate surface area is 102 Å². The van der Waals surface area contributed by atoms with E-state index in [-0.39, 0.29) is 0 Å². The smallest absolute Gasteiger partial charge is 0.233 e. The van der Waals surface area contributed by atoms with E-state index in [0.717, 1.165) is 37.5 Å². The van der Waals surface area contributed by atoms with Gasteiger partial charge in [-0.25, -0.2) is 0 Å². The van der Waals surface area contributed by atoms with Crippen molar-refractivity contribution < 1.29 is 4.74 Å². The highest BCUT2D eigenvalue weighted by molar-refractivity contribution is 6.17. The zero-order valence-corrected chi connectivity index (χ0v) is 10.6. The van der Waals surface area contributed by atoms with Gasteiger partial charge in [-0.3, -0.25) is 4.98 Å². The average Bonchev–Trinajstić information content (AvgIpc) is 2.34. The summed E-state index contributed by atoms with van der Waals surface area (Å²) in [7, 11) is 3.60. The summed E-state index contributed by atoms with van der Waals surface area (Å²) in [5, 5.41) is 0. The fourth-order valence-corrected chi connectivity index (χ4v) is 1.54. The summed E-state index contributed by atoms with van der Waals surface area (Å²) in [6.07, 6.45) is 6.67. The second-order valence-corrected chi connectivity index (χ2v) is 3.97. The van der Waals surface area contributed by atoms with Crippen LogP contribution in [-0.4, -0.2) is 36.6 Å². The highest BCUT2D eigenvalue weighted by Gasteiger charge is 2.04. The minimum atomic E-state index is 0.546. The van der Waals surface area contributed by atoms with Crippen molar-refractivity contribution in [3.63, 3.8) is 0 Å². The van der Waals surface area contributed by atoms with E-state index >= 15 is 0 Å². The predicted molar refractivity (Wildman–Crippen MR) is 66.4 cm³/mol. The summed E-state index contributed by atoms with van der Waals surface area (Å²) >= 11 is 5.62. The van der Waals surface area contributed by atoms with E-state index < -0.39 is 0 Å². The SMILES string of the molecule is COc1cncc(N(C)CCCCCCl)n1. The number of unbranched alkanes of at least 4 members (excludes halogenated alkanes) is 2. The zero-order valence-electron chi connectivity index (χ0n) is 9.82. The summed E-state index contributed by atoms with van der Waals surface area (Å²) in [5.74, 6) is 2.12. The standard InChI is InChI=1S/C11H18ClN3O/c1-15(7-5-3-4-6-12)10-8-13-9-11(14-10)16-2/h8-9H,3-7H2,1-2H3. The lowest BCUT2D eigenvalue weighted by Gasteiger charge is -2.17. The first kappa shape index (κ1) is 13.0. The van der Waals surface area contributed by atoms with E-state index in [9.17, 15) is 0 Å². The molecule has 0 aliphatic heterocycles. The molecule has 0 bridgehead atoms. The molecule has 1 heterocycles. The van der Waals surface area contributed by atoms with Crippen LogP contribution in [0.3, 0.4) is 0 Å². The lowest BCUT2D eigenvalue weighted by atomic mass is 10.2. The second-order valence-electron chi connectivity index (χ2n) is 3.59. The first-order valence-electron chi connectivity index (χ1n) is 5.41. The van der Waals surface area contributed by atoms with Gasteiger partial charge in [0.2, 0.25) is 5.88 Å². The highest BCUT2D eigenvalue weighted by Crippen LogP contribution is 2.12. The van der Waals surface area contributed by atoms with Crippen LogP contribution in [0, 0.1) is 0 Å². The molecule has 16 heavy (non-hydrogen) atoms. The highest BCUT2D eigenvalue weighted by atomic mass is 35.5. The van der Waals surface area contributed by atoms with Crippen molar-refractivity contribution in [3.8, 4) is 5.88 Å². The van der Waals surface area contributed by atoms with Crippen LogP contribution in [0.1, 0.15) is 19.3 Å².